The molecule has 2 aliphatic carbocycles. The van der Waals surface area contributed by atoms with Crippen LogP contribution in [0, 0.1) is 17.8 Å². The topological polar surface area (TPSA) is 9.23 Å². The number of hydrogen-bond acceptors (Lipinski definition) is 2. The zero-order valence-corrected chi connectivity index (χ0v) is 17.2. The predicted octanol–water partition coefficient (Wildman–Crippen LogP) is 6.75. The van der Waals surface area contributed by atoms with Gasteiger partial charge in [-0.1, -0.05) is 45.7 Å². The van der Waals surface area contributed by atoms with Crippen molar-refractivity contribution in [3.05, 3.63) is 29.8 Å². The zero-order valence-electron chi connectivity index (χ0n) is 16.4. The molecule has 1 aromatic rings. The number of aryl methyl sites for hydroxylation is 1. The second-order valence-corrected chi connectivity index (χ2v) is 11.1. The van der Waals surface area contributed by atoms with Crippen LogP contribution in [-0.4, -0.2) is 17.1 Å². The van der Waals surface area contributed by atoms with Crippen LogP contribution in [0.4, 0.5) is 0 Å². The third-order valence-electron chi connectivity index (χ3n) is 5.67. The van der Waals surface area contributed by atoms with Crippen LogP contribution < -0.4 is 4.74 Å². The van der Waals surface area contributed by atoms with Gasteiger partial charge < -0.3 is 4.74 Å². The first-order valence-corrected chi connectivity index (χ1v) is 11.3. The van der Waals surface area contributed by atoms with Crippen molar-refractivity contribution in [1.82, 2.24) is 0 Å². The lowest BCUT2D eigenvalue weighted by Gasteiger charge is -2.30. The fourth-order valence-corrected chi connectivity index (χ4v) is 4.75. The maximum atomic E-state index is 5.84. The lowest BCUT2D eigenvalue weighted by molar-refractivity contribution is 0.280. The summed E-state index contributed by atoms with van der Waals surface area (Å²) in [6.45, 7) is 7.93. The summed E-state index contributed by atoms with van der Waals surface area (Å²) in [4.78, 5) is 0. The van der Waals surface area contributed by atoms with Gasteiger partial charge in [0.1, 0.15) is 5.75 Å². The summed E-state index contributed by atoms with van der Waals surface area (Å²) < 4.78 is 6.26. The second kappa shape index (κ2) is 8.84. The molecule has 2 fully saturated rings. The molecule has 0 amide bonds. The van der Waals surface area contributed by atoms with E-state index in [9.17, 15) is 0 Å². The number of benzene rings is 1. The van der Waals surface area contributed by atoms with Gasteiger partial charge in [-0.05, 0) is 79.7 Å². The molecule has 1 nitrogen and oxygen atoms in total. The second-order valence-electron chi connectivity index (χ2n) is 9.25. The van der Waals surface area contributed by atoms with Gasteiger partial charge in [-0.2, -0.15) is 11.8 Å². The smallest absolute Gasteiger partial charge is 0.119 e. The van der Waals surface area contributed by atoms with Crippen molar-refractivity contribution < 1.29 is 4.74 Å². The van der Waals surface area contributed by atoms with Crippen LogP contribution in [0.3, 0.4) is 0 Å². The van der Waals surface area contributed by atoms with E-state index in [1.54, 1.807) is 0 Å². The van der Waals surface area contributed by atoms with Gasteiger partial charge in [0, 0.05) is 4.75 Å². The van der Waals surface area contributed by atoms with Gasteiger partial charge >= 0.3 is 0 Å². The quantitative estimate of drug-likeness (QED) is 0.507. The van der Waals surface area contributed by atoms with Crippen molar-refractivity contribution in [3.63, 3.8) is 0 Å². The molecule has 0 atom stereocenters. The van der Waals surface area contributed by atoms with Gasteiger partial charge in [0.05, 0.1) is 6.61 Å². The molecule has 0 unspecified atom stereocenters. The van der Waals surface area contributed by atoms with E-state index < -0.39 is 0 Å². The maximum Gasteiger partial charge on any atom is 0.119 e. The van der Waals surface area contributed by atoms with E-state index in [1.807, 2.05) is 0 Å². The Labute approximate surface area is 159 Å². The molecule has 0 aliphatic heterocycles. The first-order valence-electron chi connectivity index (χ1n) is 10.3. The number of hydrogen-bond donors (Lipinski definition) is 0. The Bertz CT molecular complexity index is 504. The Morgan fingerprint density at radius 2 is 1.48 bits per heavy atom. The van der Waals surface area contributed by atoms with Crippen LogP contribution in [0.1, 0.15) is 71.3 Å². The van der Waals surface area contributed by atoms with E-state index in [-0.39, 0.29) is 0 Å². The minimum Gasteiger partial charge on any atom is -0.493 e. The van der Waals surface area contributed by atoms with E-state index in [0.717, 1.165) is 30.1 Å². The Morgan fingerprint density at radius 1 is 0.880 bits per heavy atom. The van der Waals surface area contributed by atoms with E-state index in [2.05, 4.69) is 56.8 Å². The van der Waals surface area contributed by atoms with E-state index in [1.165, 1.54) is 62.7 Å². The predicted molar refractivity (Wildman–Crippen MR) is 111 cm³/mol. The highest BCUT2D eigenvalue weighted by Crippen LogP contribution is 2.36. The number of thioether (sulfide) groups is 1. The molecule has 2 heteroatoms. The molecule has 3 rings (SSSR count). The van der Waals surface area contributed by atoms with Crippen molar-refractivity contribution in [2.24, 2.45) is 17.8 Å². The van der Waals surface area contributed by atoms with Crippen LogP contribution in [0.25, 0.3) is 0 Å². The van der Waals surface area contributed by atoms with E-state index in [4.69, 9.17) is 4.74 Å². The van der Waals surface area contributed by atoms with Crippen LogP contribution in [-0.2, 0) is 6.42 Å². The van der Waals surface area contributed by atoms with E-state index in [0.29, 0.717) is 4.75 Å². The van der Waals surface area contributed by atoms with Crippen molar-refractivity contribution in [1.29, 1.82) is 0 Å². The average molecular weight is 361 g/mol. The Morgan fingerprint density at radius 3 is 2.08 bits per heavy atom. The molecule has 0 bridgehead atoms. The van der Waals surface area contributed by atoms with Crippen LogP contribution >= 0.6 is 11.8 Å². The molecular weight excluding hydrogens is 324 g/mol. The van der Waals surface area contributed by atoms with Crippen molar-refractivity contribution in [2.45, 2.75) is 76.9 Å². The zero-order chi connectivity index (χ0) is 17.7. The summed E-state index contributed by atoms with van der Waals surface area (Å²) in [5, 5.41) is 0. The summed E-state index contributed by atoms with van der Waals surface area (Å²) >= 11 is 2.15. The van der Waals surface area contributed by atoms with Crippen LogP contribution in [0.2, 0.25) is 0 Å². The molecule has 2 aliphatic rings. The molecular formula is C23H36OS. The Hall–Kier alpha value is -0.630. The highest BCUT2D eigenvalue weighted by atomic mass is 32.2. The summed E-state index contributed by atoms with van der Waals surface area (Å²) in [5.41, 5.74) is 1.48. The molecule has 0 N–H and O–H groups in total. The van der Waals surface area contributed by atoms with E-state index >= 15 is 0 Å². The summed E-state index contributed by atoms with van der Waals surface area (Å²) in [7, 11) is 0. The number of ether oxygens (including phenoxy) is 1. The SMILES string of the molecule is CC(C)(C)SCC1CCC(CCc2ccc(OCC3CC3)cc2)CC1. The summed E-state index contributed by atoms with van der Waals surface area (Å²) in [6, 6.07) is 8.87. The van der Waals surface area contributed by atoms with Gasteiger partial charge in [-0.15, -0.1) is 0 Å². The third-order valence-corrected chi connectivity index (χ3v) is 7.17. The minimum atomic E-state index is 0.422. The summed E-state index contributed by atoms with van der Waals surface area (Å²) in [5.74, 6) is 5.15. The molecule has 140 valence electrons. The van der Waals surface area contributed by atoms with Crippen molar-refractivity contribution in [3.8, 4) is 5.75 Å². The first kappa shape index (κ1) is 19.1. The lowest BCUT2D eigenvalue weighted by atomic mass is 9.80. The summed E-state index contributed by atoms with van der Waals surface area (Å²) in [6.07, 6.45) is 11.1. The van der Waals surface area contributed by atoms with Gasteiger partial charge in [0.25, 0.3) is 0 Å². The Kier molecular flexibility index (Phi) is 6.77. The largest absolute Gasteiger partial charge is 0.493 e. The fourth-order valence-electron chi connectivity index (χ4n) is 3.68. The highest BCUT2D eigenvalue weighted by Gasteiger charge is 2.23. The normalized spacial score (nSPS) is 24.3. The van der Waals surface area contributed by atoms with Crippen molar-refractivity contribution >= 4 is 11.8 Å². The molecule has 0 heterocycles. The van der Waals surface area contributed by atoms with Gasteiger partial charge in [0.15, 0.2) is 0 Å². The van der Waals surface area contributed by atoms with Gasteiger partial charge in [-0.3, -0.25) is 0 Å². The average Bonchev–Trinajstić information content (AvgIpc) is 3.42. The van der Waals surface area contributed by atoms with Crippen LogP contribution in [0.5, 0.6) is 5.75 Å². The lowest BCUT2D eigenvalue weighted by Crippen LogP contribution is -2.19. The molecule has 2 saturated carbocycles. The fraction of sp³-hybridized carbons (Fsp3) is 0.739. The van der Waals surface area contributed by atoms with Crippen LogP contribution in [0.15, 0.2) is 24.3 Å². The number of rotatable bonds is 8. The van der Waals surface area contributed by atoms with Crippen molar-refractivity contribution in [2.75, 3.05) is 12.4 Å². The monoisotopic (exact) mass is 360 g/mol. The standard InChI is InChI=1S/C23H36OS/c1-23(2,3)25-17-21-10-6-18(7-11-21)4-5-19-12-14-22(15-13-19)24-16-20-8-9-20/h12-15,18,20-21H,4-11,16-17H2,1-3H3. The maximum absolute atomic E-state index is 5.84. The molecule has 25 heavy (non-hydrogen) atoms. The molecule has 0 radical (unpaired) electrons. The molecule has 0 aromatic heterocycles. The molecule has 0 saturated heterocycles. The van der Waals surface area contributed by atoms with Gasteiger partial charge in [0.2, 0.25) is 0 Å². The Balaban J connectivity index is 1.32. The molecule has 0 spiro atoms. The van der Waals surface area contributed by atoms with Gasteiger partial charge in [-0.25, -0.2) is 0 Å². The molecule has 1 aromatic carbocycles. The minimum absolute atomic E-state index is 0.422. The highest BCUT2D eigenvalue weighted by molar-refractivity contribution is 8.00. The first-order chi connectivity index (χ1) is 12.0. The third kappa shape index (κ3) is 7.25.